The highest BCUT2D eigenvalue weighted by Gasteiger charge is 2.26. The van der Waals surface area contributed by atoms with Gasteiger partial charge in [0.05, 0.1) is 0 Å². The Morgan fingerprint density at radius 2 is 2.00 bits per heavy atom. The molecule has 0 radical (unpaired) electrons. The number of hydrogen-bond acceptors (Lipinski definition) is 2. The van der Waals surface area contributed by atoms with Crippen LogP contribution in [0.2, 0.25) is 0 Å². The number of thiocarbonyl (C=S) groups is 1. The first-order chi connectivity index (χ1) is 8.47. The first kappa shape index (κ1) is 13.4. The molecule has 2 nitrogen and oxygen atoms in total. The molecule has 1 heterocycles. The molecule has 1 fully saturated rings. The van der Waals surface area contributed by atoms with Crippen molar-refractivity contribution in [3.05, 3.63) is 35.1 Å². The lowest BCUT2D eigenvalue weighted by atomic mass is 10.0. The fourth-order valence-electron chi connectivity index (χ4n) is 2.53. The van der Waals surface area contributed by atoms with E-state index in [4.69, 9.17) is 18.0 Å². The highest BCUT2D eigenvalue weighted by molar-refractivity contribution is 7.80. The summed E-state index contributed by atoms with van der Waals surface area (Å²) < 4.78 is 13.2. The van der Waals surface area contributed by atoms with Crippen molar-refractivity contribution in [2.24, 2.45) is 17.6 Å². The van der Waals surface area contributed by atoms with Crippen molar-refractivity contribution in [2.45, 2.75) is 20.4 Å². The summed E-state index contributed by atoms with van der Waals surface area (Å²) in [5.41, 5.74) is 7.34. The lowest BCUT2D eigenvalue weighted by molar-refractivity contribution is 0.316. The number of nitrogens with two attached hydrogens (primary N) is 1. The van der Waals surface area contributed by atoms with Crippen molar-refractivity contribution < 1.29 is 4.39 Å². The summed E-state index contributed by atoms with van der Waals surface area (Å²) in [7, 11) is 0. The van der Waals surface area contributed by atoms with Crippen LogP contribution in [0.15, 0.2) is 18.2 Å². The van der Waals surface area contributed by atoms with E-state index in [1.54, 1.807) is 6.07 Å². The quantitative estimate of drug-likeness (QED) is 0.853. The van der Waals surface area contributed by atoms with E-state index in [9.17, 15) is 4.39 Å². The van der Waals surface area contributed by atoms with Crippen LogP contribution in [-0.2, 0) is 6.54 Å². The maximum atomic E-state index is 13.2. The predicted octanol–water partition coefficient (Wildman–Crippen LogP) is 2.55. The third kappa shape index (κ3) is 2.87. The van der Waals surface area contributed by atoms with Gasteiger partial charge >= 0.3 is 0 Å². The minimum absolute atomic E-state index is 0.268. The number of nitrogens with zero attached hydrogens (tertiary/aromatic N) is 1. The molecule has 1 aromatic carbocycles. The summed E-state index contributed by atoms with van der Waals surface area (Å²) in [6.07, 6.45) is 0. The Morgan fingerprint density at radius 1 is 1.39 bits per heavy atom. The zero-order chi connectivity index (χ0) is 13.3. The van der Waals surface area contributed by atoms with Crippen molar-refractivity contribution >= 4 is 17.2 Å². The summed E-state index contributed by atoms with van der Waals surface area (Å²) in [6.45, 7) is 7.49. The minimum atomic E-state index is -0.287. The second-order valence-electron chi connectivity index (χ2n) is 5.31. The predicted molar refractivity (Wildman–Crippen MR) is 75.9 cm³/mol. The van der Waals surface area contributed by atoms with E-state index in [-0.39, 0.29) is 10.8 Å². The summed E-state index contributed by atoms with van der Waals surface area (Å²) in [4.78, 5) is 2.65. The van der Waals surface area contributed by atoms with Crippen molar-refractivity contribution in [1.82, 2.24) is 4.90 Å². The third-order valence-electron chi connectivity index (χ3n) is 3.80. The molecule has 18 heavy (non-hydrogen) atoms. The zero-order valence-electron chi connectivity index (χ0n) is 10.8. The Bertz CT molecular complexity index is 451. The molecule has 2 unspecified atom stereocenters. The molecule has 1 aliphatic heterocycles. The molecule has 0 saturated carbocycles. The number of likely N-dealkylation sites (tertiary alicyclic amines) is 1. The van der Waals surface area contributed by atoms with Crippen molar-refractivity contribution in [3.63, 3.8) is 0 Å². The summed E-state index contributed by atoms with van der Waals surface area (Å²) in [5.74, 6) is 1.13. The van der Waals surface area contributed by atoms with Crippen LogP contribution >= 0.6 is 12.2 Å². The third-order valence-corrected chi connectivity index (χ3v) is 4.02. The lowest BCUT2D eigenvalue weighted by Crippen LogP contribution is -2.23. The zero-order valence-corrected chi connectivity index (χ0v) is 11.6. The molecule has 2 N–H and O–H groups in total. The van der Waals surface area contributed by atoms with Crippen LogP contribution in [0.1, 0.15) is 25.0 Å². The molecule has 4 heteroatoms. The van der Waals surface area contributed by atoms with Crippen molar-refractivity contribution in [3.8, 4) is 0 Å². The molecular formula is C14H19FN2S. The van der Waals surface area contributed by atoms with Crippen LogP contribution in [0.4, 0.5) is 4.39 Å². The molecule has 0 spiro atoms. The van der Waals surface area contributed by atoms with Gasteiger partial charge < -0.3 is 5.73 Å². The fourth-order valence-corrected chi connectivity index (χ4v) is 2.72. The van der Waals surface area contributed by atoms with Gasteiger partial charge in [-0.3, -0.25) is 4.90 Å². The largest absolute Gasteiger partial charge is 0.389 e. The normalized spacial score (nSPS) is 24.4. The van der Waals surface area contributed by atoms with E-state index in [0.29, 0.717) is 17.4 Å². The smallest absolute Gasteiger partial charge is 0.123 e. The molecule has 0 aromatic heterocycles. The van der Waals surface area contributed by atoms with Gasteiger partial charge in [-0.15, -0.1) is 0 Å². The molecule has 1 aliphatic rings. The van der Waals surface area contributed by atoms with Crippen LogP contribution in [0.25, 0.3) is 0 Å². The van der Waals surface area contributed by atoms with Crippen molar-refractivity contribution in [2.75, 3.05) is 13.1 Å². The van der Waals surface area contributed by atoms with E-state index in [1.165, 1.54) is 12.1 Å². The topological polar surface area (TPSA) is 29.3 Å². The number of halogens is 1. The molecule has 2 rings (SSSR count). The summed E-state index contributed by atoms with van der Waals surface area (Å²) >= 11 is 4.99. The van der Waals surface area contributed by atoms with Gasteiger partial charge in [0.1, 0.15) is 10.8 Å². The average molecular weight is 266 g/mol. The SMILES string of the molecule is CC1CN(Cc2ccc(F)cc2C(N)=S)CC1C. The standard InChI is InChI=1S/C14H19FN2S/c1-9-6-17(7-10(9)2)8-11-3-4-12(15)5-13(11)14(16)18/h3-5,9-10H,6-8H2,1-2H3,(H2,16,18). The van der Waals surface area contributed by atoms with Gasteiger partial charge in [0.25, 0.3) is 0 Å². The minimum Gasteiger partial charge on any atom is -0.389 e. The Kier molecular flexibility index (Phi) is 3.97. The summed E-state index contributed by atoms with van der Waals surface area (Å²) in [6, 6.07) is 4.69. The Labute approximate surface area is 113 Å². The number of rotatable bonds is 3. The van der Waals surface area contributed by atoms with Gasteiger partial charge in [0.15, 0.2) is 0 Å². The molecule has 2 atom stereocenters. The van der Waals surface area contributed by atoms with Gasteiger partial charge in [0, 0.05) is 25.2 Å². The second kappa shape index (κ2) is 5.33. The first-order valence-electron chi connectivity index (χ1n) is 6.28. The summed E-state index contributed by atoms with van der Waals surface area (Å²) in [5, 5.41) is 0. The maximum absolute atomic E-state index is 13.2. The second-order valence-corrected chi connectivity index (χ2v) is 5.75. The molecular weight excluding hydrogens is 247 g/mol. The molecule has 0 amide bonds. The van der Waals surface area contributed by atoms with Gasteiger partial charge in [-0.1, -0.05) is 32.1 Å². The maximum Gasteiger partial charge on any atom is 0.123 e. The van der Waals surface area contributed by atoms with Crippen LogP contribution in [0.3, 0.4) is 0 Å². The molecule has 1 aromatic rings. The monoisotopic (exact) mass is 266 g/mol. The van der Waals surface area contributed by atoms with Gasteiger partial charge in [-0.25, -0.2) is 4.39 Å². The van der Waals surface area contributed by atoms with Crippen LogP contribution < -0.4 is 5.73 Å². The van der Waals surface area contributed by atoms with Crippen LogP contribution in [0, 0.1) is 17.7 Å². The van der Waals surface area contributed by atoms with E-state index < -0.39 is 0 Å². The lowest BCUT2D eigenvalue weighted by Gasteiger charge is -2.17. The number of hydrogen-bond donors (Lipinski definition) is 1. The molecule has 0 aliphatic carbocycles. The molecule has 0 bridgehead atoms. The number of benzene rings is 1. The van der Waals surface area contributed by atoms with Crippen LogP contribution in [0.5, 0.6) is 0 Å². The average Bonchev–Trinajstić information content (AvgIpc) is 2.60. The van der Waals surface area contributed by atoms with Crippen LogP contribution in [-0.4, -0.2) is 23.0 Å². The molecule has 1 saturated heterocycles. The Morgan fingerprint density at radius 3 is 2.56 bits per heavy atom. The molecule has 98 valence electrons. The van der Waals surface area contributed by atoms with E-state index in [2.05, 4.69) is 18.7 Å². The highest BCUT2D eigenvalue weighted by Crippen LogP contribution is 2.24. The van der Waals surface area contributed by atoms with Gasteiger partial charge in [-0.05, 0) is 29.5 Å². The van der Waals surface area contributed by atoms with E-state index >= 15 is 0 Å². The fraction of sp³-hybridized carbons (Fsp3) is 0.500. The van der Waals surface area contributed by atoms with Gasteiger partial charge in [-0.2, -0.15) is 0 Å². The van der Waals surface area contributed by atoms with Gasteiger partial charge in [0.2, 0.25) is 0 Å². The Balaban J connectivity index is 2.17. The van der Waals surface area contributed by atoms with E-state index in [1.807, 2.05) is 0 Å². The van der Waals surface area contributed by atoms with E-state index in [0.717, 1.165) is 25.2 Å². The van der Waals surface area contributed by atoms with Crippen molar-refractivity contribution in [1.29, 1.82) is 0 Å². The highest BCUT2D eigenvalue weighted by atomic mass is 32.1. The Hall–Kier alpha value is -1.00. The first-order valence-corrected chi connectivity index (χ1v) is 6.68.